The number of H-pyrrole nitrogens is 1. The lowest BCUT2D eigenvalue weighted by atomic mass is 9.94. The van der Waals surface area contributed by atoms with Gasteiger partial charge in [-0.05, 0) is 65.6 Å². The number of fused-ring (bicyclic) bond motifs is 1. The van der Waals surface area contributed by atoms with Crippen LogP contribution in [0.5, 0.6) is 0 Å². The quantitative estimate of drug-likeness (QED) is 0.303. The first-order valence-corrected chi connectivity index (χ1v) is 10.7. The molecule has 36 heavy (non-hydrogen) atoms. The molecule has 5 rings (SSSR count). The van der Waals surface area contributed by atoms with E-state index in [0.717, 1.165) is 0 Å². The summed E-state index contributed by atoms with van der Waals surface area (Å²) in [7, 11) is 0. The maximum Gasteiger partial charge on any atom is 0.319 e. The van der Waals surface area contributed by atoms with E-state index in [1.807, 2.05) is 12.1 Å². The molecule has 0 atom stereocenters. The summed E-state index contributed by atoms with van der Waals surface area (Å²) >= 11 is 0. The lowest BCUT2D eigenvalue weighted by Crippen LogP contribution is -2.00. The Bertz CT molecular complexity index is 1740. The number of hydrogen-bond acceptors (Lipinski definition) is 5. The van der Waals surface area contributed by atoms with Crippen molar-refractivity contribution in [2.75, 3.05) is 0 Å². The zero-order valence-electron chi connectivity index (χ0n) is 18.7. The van der Waals surface area contributed by atoms with E-state index in [4.69, 9.17) is 0 Å². The molecule has 2 aromatic heterocycles. The van der Waals surface area contributed by atoms with Gasteiger partial charge in [-0.15, -0.1) is 4.91 Å². The number of nitrogens with one attached hydrogen (secondary N) is 1. The highest BCUT2D eigenvalue weighted by Crippen LogP contribution is 2.40. The Morgan fingerprint density at radius 1 is 1.03 bits per heavy atom. The summed E-state index contributed by atoms with van der Waals surface area (Å²) in [4.78, 5) is 34.0. The first kappa shape index (κ1) is 22.7. The van der Waals surface area contributed by atoms with Crippen LogP contribution in [-0.4, -0.2) is 20.9 Å². The van der Waals surface area contributed by atoms with Crippen molar-refractivity contribution in [3.05, 3.63) is 100 Å². The number of nitriles is 1. The molecular formula is C27H15F2N5O2. The summed E-state index contributed by atoms with van der Waals surface area (Å²) in [5.41, 5.74) is 4.09. The van der Waals surface area contributed by atoms with E-state index in [0.29, 0.717) is 50.1 Å². The molecule has 2 heterocycles. The van der Waals surface area contributed by atoms with Gasteiger partial charge in [-0.1, -0.05) is 18.2 Å². The smallest absolute Gasteiger partial charge is 0.319 e. The second kappa shape index (κ2) is 8.92. The van der Waals surface area contributed by atoms with Crippen LogP contribution in [0.1, 0.15) is 21.6 Å². The van der Waals surface area contributed by atoms with E-state index in [1.54, 1.807) is 31.2 Å². The zero-order valence-corrected chi connectivity index (χ0v) is 18.7. The molecule has 174 valence electrons. The van der Waals surface area contributed by atoms with Gasteiger partial charge in [0.1, 0.15) is 23.4 Å². The van der Waals surface area contributed by atoms with E-state index in [2.05, 4.69) is 20.1 Å². The second-order valence-corrected chi connectivity index (χ2v) is 8.05. The molecule has 7 nitrogen and oxygen atoms in total. The highest BCUT2D eigenvalue weighted by Gasteiger charge is 2.21. The Balaban J connectivity index is 1.73. The highest BCUT2D eigenvalue weighted by molar-refractivity contribution is 6.04. The molecule has 5 aromatic rings. The fourth-order valence-electron chi connectivity index (χ4n) is 4.28. The number of carbonyl (C=O) groups excluding carboxylic acids is 1. The van der Waals surface area contributed by atoms with Gasteiger partial charge >= 0.3 is 5.91 Å². The Hall–Kier alpha value is -5.10. The Morgan fingerprint density at radius 3 is 2.58 bits per heavy atom. The molecule has 3 aromatic carbocycles. The van der Waals surface area contributed by atoms with Crippen LogP contribution >= 0.6 is 0 Å². The van der Waals surface area contributed by atoms with Crippen molar-refractivity contribution in [2.45, 2.75) is 6.92 Å². The van der Waals surface area contributed by atoms with Crippen LogP contribution in [0, 0.1) is 34.8 Å². The van der Waals surface area contributed by atoms with Crippen LogP contribution in [0.25, 0.3) is 44.5 Å². The molecular weight excluding hydrogens is 464 g/mol. The molecule has 0 bridgehead atoms. The molecule has 9 heteroatoms. The monoisotopic (exact) mass is 479 g/mol. The van der Waals surface area contributed by atoms with Gasteiger partial charge in [0.15, 0.2) is 5.69 Å². The standard InChI is InChI=1S/C27H15F2N5O2/c1-14-9-19(27(35)34-36)21(29)12-18(14)15-3-2-4-16(10-15)25-24(26-23(13-30)31-7-8-32-26)20-11-17(28)5-6-22(20)33-25/h2-12,33H,1H3. The number of nitroso groups, excluding NO2 is 1. The van der Waals surface area contributed by atoms with Crippen molar-refractivity contribution in [1.29, 1.82) is 5.26 Å². The lowest BCUT2D eigenvalue weighted by molar-refractivity contribution is 0.0997. The predicted molar refractivity (Wildman–Crippen MR) is 130 cm³/mol. The maximum absolute atomic E-state index is 14.6. The third kappa shape index (κ3) is 3.80. The number of aromatic amines is 1. The van der Waals surface area contributed by atoms with Gasteiger partial charge in [-0.25, -0.2) is 13.8 Å². The summed E-state index contributed by atoms with van der Waals surface area (Å²) in [5.74, 6) is -2.48. The number of amides is 1. The average molecular weight is 479 g/mol. The number of hydrogen-bond donors (Lipinski definition) is 1. The Kier molecular flexibility index (Phi) is 5.62. The topological polar surface area (TPSA) is 112 Å². The van der Waals surface area contributed by atoms with Crippen molar-refractivity contribution >= 4 is 16.8 Å². The maximum atomic E-state index is 14.6. The fourth-order valence-corrected chi connectivity index (χ4v) is 4.28. The number of aryl methyl sites for hydroxylation is 1. The molecule has 0 unspecified atom stereocenters. The van der Waals surface area contributed by atoms with Gasteiger partial charge in [-0.3, -0.25) is 9.78 Å². The predicted octanol–water partition coefficient (Wildman–Crippen LogP) is 6.32. The molecule has 0 aliphatic carbocycles. The summed E-state index contributed by atoms with van der Waals surface area (Å²) in [6.45, 7) is 1.69. The van der Waals surface area contributed by atoms with Gasteiger partial charge in [0.25, 0.3) is 0 Å². The minimum Gasteiger partial charge on any atom is -0.354 e. The van der Waals surface area contributed by atoms with Crippen molar-refractivity contribution in [3.8, 4) is 39.7 Å². The zero-order chi connectivity index (χ0) is 25.4. The van der Waals surface area contributed by atoms with Crippen molar-refractivity contribution < 1.29 is 13.6 Å². The first-order chi connectivity index (χ1) is 17.4. The Morgan fingerprint density at radius 2 is 1.81 bits per heavy atom. The molecule has 0 fully saturated rings. The second-order valence-electron chi connectivity index (χ2n) is 8.05. The number of benzene rings is 3. The fraction of sp³-hybridized carbons (Fsp3) is 0.0370. The van der Waals surface area contributed by atoms with Gasteiger partial charge in [0.2, 0.25) is 0 Å². The summed E-state index contributed by atoms with van der Waals surface area (Å²) < 4.78 is 28.8. The van der Waals surface area contributed by atoms with Crippen LogP contribution < -0.4 is 0 Å². The number of aromatic nitrogens is 3. The molecule has 0 saturated heterocycles. The summed E-state index contributed by atoms with van der Waals surface area (Å²) in [6, 6.07) is 16.0. The van der Waals surface area contributed by atoms with Gasteiger partial charge in [0.05, 0.1) is 11.3 Å². The van der Waals surface area contributed by atoms with Crippen LogP contribution in [-0.2, 0) is 0 Å². The van der Waals surface area contributed by atoms with Crippen LogP contribution in [0.15, 0.2) is 72.2 Å². The van der Waals surface area contributed by atoms with E-state index in [9.17, 15) is 23.7 Å². The third-order valence-corrected chi connectivity index (χ3v) is 5.89. The lowest BCUT2D eigenvalue weighted by Gasteiger charge is -2.11. The van der Waals surface area contributed by atoms with Crippen molar-refractivity contribution in [1.82, 2.24) is 15.0 Å². The molecule has 0 saturated carbocycles. The third-order valence-electron chi connectivity index (χ3n) is 5.89. The molecule has 1 N–H and O–H groups in total. The minimum absolute atomic E-state index is 0.0852. The SMILES string of the molecule is Cc1cc(C(=O)N=O)c(F)cc1-c1cccc(-c2[nH]c3ccc(F)cc3c2-c2nccnc2C#N)c1. The molecule has 0 radical (unpaired) electrons. The van der Waals surface area contributed by atoms with Crippen molar-refractivity contribution in [2.24, 2.45) is 5.18 Å². The molecule has 0 aliphatic heterocycles. The molecule has 1 amide bonds. The largest absolute Gasteiger partial charge is 0.354 e. The highest BCUT2D eigenvalue weighted by atomic mass is 19.1. The van der Waals surface area contributed by atoms with Gasteiger partial charge < -0.3 is 4.98 Å². The van der Waals surface area contributed by atoms with E-state index >= 15 is 0 Å². The van der Waals surface area contributed by atoms with Crippen LogP contribution in [0.3, 0.4) is 0 Å². The number of rotatable bonds is 4. The van der Waals surface area contributed by atoms with Gasteiger partial charge in [0, 0.05) is 34.0 Å². The Labute approximate surface area is 203 Å². The summed E-state index contributed by atoms with van der Waals surface area (Å²) in [5, 5.41) is 12.4. The number of halogens is 2. The molecule has 0 spiro atoms. The van der Waals surface area contributed by atoms with E-state index in [-0.39, 0.29) is 5.69 Å². The van der Waals surface area contributed by atoms with Crippen LogP contribution in [0.4, 0.5) is 8.78 Å². The minimum atomic E-state index is -1.18. The number of carbonyl (C=O) groups is 1. The first-order valence-electron chi connectivity index (χ1n) is 10.7. The average Bonchev–Trinajstić information content (AvgIpc) is 3.27. The summed E-state index contributed by atoms with van der Waals surface area (Å²) in [6.07, 6.45) is 2.86. The normalized spacial score (nSPS) is 10.8. The van der Waals surface area contributed by atoms with Gasteiger partial charge in [-0.2, -0.15) is 5.26 Å². The van der Waals surface area contributed by atoms with Crippen molar-refractivity contribution in [3.63, 3.8) is 0 Å². The van der Waals surface area contributed by atoms with E-state index in [1.165, 1.54) is 36.7 Å². The number of nitrogens with zero attached hydrogens (tertiary/aromatic N) is 4. The molecule has 0 aliphatic rings. The van der Waals surface area contributed by atoms with E-state index < -0.39 is 23.1 Å². The van der Waals surface area contributed by atoms with Crippen LogP contribution in [0.2, 0.25) is 0 Å².